The molecule has 0 unspecified atom stereocenters. The fourth-order valence-electron chi connectivity index (χ4n) is 2.05. The number of rotatable bonds is 1. The number of carboxylic acid groups (broad SMARTS) is 1. The van der Waals surface area contributed by atoms with Crippen LogP contribution in [0.5, 0.6) is 5.75 Å². The molecule has 1 aliphatic rings. The molecule has 20 heavy (non-hydrogen) atoms. The van der Waals surface area contributed by atoms with E-state index >= 15 is 0 Å². The standard InChI is InChI=1S/C13H10BrF3O3/c1-5-3-9-7(6(2)10(5)14)4-8(12(18)19)11(20-9)13(15,16)17/h3-4,11H,1-2H3,(H,18,19)/t11-/m0/s1. The third-order valence-electron chi connectivity index (χ3n) is 3.06. The van der Waals surface area contributed by atoms with Crippen molar-refractivity contribution in [2.24, 2.45) is 0 Å². The van der Waals surface area contributed by atoms with Crippen LogP contribution in [0.1, 0.15) is 16.7 Å². The highest BCUT2D eigenvalue weighted by Crippen LogP contribution is 2.41. The van der Waals surface area contributed by atoms with Gasteiger partial charge in [-0.25, -0.2) is 4.79 Å². The van der Waals surface area contributed by atoms with Crippen molar-refractivity contribution in [3.05, 3.63) is 32.8 Å². The number of aliphatic carboxylic acids is 1. The number of aryl methyl sites for hydroxylation is 1. The number of halogens is 4. The summed E-state index contributed by atoms with van der Waals surface area (Å²) in [6, 6.07) is 1.46. The van der Waals surface area contributed by atoms with E-state index in [9.17, 15) is 18.0 Å². The summed E-state index contributed by atoms with van der Waals surface area (Å²) in [6.45, 7) is 3.41. The first-order valence-electron chi connectivity index (χ1n) is 5.61. The Labute approximate surface area is 121 Å². The molecule has 2 rings (SSSR count). The van der Waals surface area contributed by atoms with Gasteiger partial charge in [-0.05, 0) is 37.1 Å². The Morgan fingerprint density at radius 3 is 2.50 bits per heavy atom. The van der Waals surface area contributed by atoms with Gasteiger partial charge < -0.3 is 9.84 Å². The van der Waals surface area contributed by atoms with Crippen LogP contribution in [0.25, 0.3) is 6.08 Å². The number of hydrogen-bond acceptors (Lipinski definition) is 2. The lowest BCUT2D eigenvalue weighted by molar-refractivity contribution is -0.187. The van der Waals surface area contributed by atoms with Gasteiger partial charge in [-0.2, -0.15) is 13.2 Å². The predicted molar refractivity (Wildman–Crippen MR) is 69.7 cm³/mol. The van der Waals surface area contributed by atoms with Crippen molar-refractivity contribution in [1.29, 1.82) is 0 Å². The molecule has 1 heterocycles. The summed E-state index contributed by atoms with van der Waals surface area (Å²) in [7, 11) is 0. The van der Waals surface area contributed by atoms with Crippen LogP contribution in [0, 0.1) is 13.8 Å². The van der Waals surface area contributed by atoms with Crippen molar-refractivity contribution >= 4 is 28.0 Å². The second-order valence-corrected chi connectivity index (χ2v) is 5.28. The molecule has 1 atom stereocenters. The second-order valence-electron chi connectivity index (χ2n) is 4.49. The van der Waals surface area contributed by atoms with E-state index in [0.717, 1.165) is 6.08 Å². The van der Waals surface area contributed by atoms with Crippen molar-refractivity contribution in [2.45, 2.75) is 26.1 Å². The highest BCUT2D eigenvalue weighted by molar-refractivity contribution is 9.10. The largest absolute Gasteiger partial charge is 0.478 e. The SMILES string of the molecule is Cc1cc2c(c(C)c1Br)C=C(C(=O)O)[C@@H](C(F)(F)F)O2. The fraction of sp³-hybridized carbons (Fsp3) is 0.308. The maximum absolute atomic E-state index is 12.9. The zero-order valence-corrected chi connectivity index (χ0v) is 12.1. The van der Waals surface area contributed by atoms with Crippen LogP contribution in [0.4, 0.5) is 13.2 Å². The summed E-state index contributed by atoms with van der Waals surface area (Å²) >= 11 is 3.32. The molecule has 3 nitrogen and oxygen atoms in total. The Bertz CT molecular complexity index is 620. The van der Waals surface area contributed by atoms with Gasteiger partial charge in [0.15, 0.2) is 0 Å². The summed E-state index contributed by atoms with van der Waals surface area (Å²) in [5.41, 5.74) is 0.887. The monoisotopic (exact) mass is 350 g/mol. The lowest BCUT2D eigenvalue weighted by Crippen LogP contribution is -2.40. The molecular formula is C13H10BrF3O3. The molecule has 108 valence electrons. The number of carbonyl (C=O) groups is 1. The van der Waals surface area contributed by atoms with E-state index in [1.807, 2.05) is 0 Å². The van der Waals surface area contributed by atoms with E-state index in [2.05, 4.69) is 15.9 Å². The maximum atomic E-state index is 12.9. The van der Waals surface area contributed by atoms with E-state index in [0.29, 0.717) is 21.2 Å². The smallest absolute Gasteiger partial charge is 0.430 e. The van der Waals surface area contributed by atoms with Gasteiger partial charge in [-0.3, -0.25) is 0 Å². The molecule has 0 amide bonds. The van der Waals surface area contributed by atoms with Gasteiger partial charge in [0.1, 0.15) is 5.75 Å². The summed E-state index contributed by atoms with van der Waals surface area (Å²) < 4.78 is 44.3. The van der Waals surface area contributed by atoms with Gasteiger partial charge in [0.05, 0.1) is 5.57 Å². The second kappa shape index (κ2) is 4.80. The Morgan fingerprint density at radius 1 is 1.40 bits per heavy atom. The third kappa shape index (κ3) is 2.42. The van der Waals surface area contributed by atoms with E-state index < -0.39 is 23.8 Å². The minimum atomic E-state index is -4.78. The first-order chi connectivity index (χ1) is 9.12. The molecule has 0 spiro atoms. The lowest BCUT2D eigenvalue weighted by Gasteiger charge is -2.28. The van der Waals surface area contributed by atoms with Crippen molar-refractivity contribution in [1.82, 2.24) is 0 Å². The van der Waals surface area contributed by atoms with Gasteiger partial charge in [0, 0.05) is 10.0 Å². The molecule has 0 bridgehead atoms. The van der Waals surface area contributed by atoms with Gasteiger partial charge in [-0.15, -0.1) is 0 Å². The highest BCUT2D eigenvalue weighted by Gasteiger charge is 2.48. The molecule has 1 aromatic carbocycles. The quantitative estimate of drug-likeness (QED) is 0.836. The molecular weight excluding hydrogens is 341 g/mol. The Hall–Kier alpha value is -1.50. The molecule has 0 saturated carbocycles. The zero-order valence-electron chi connectivity index (χ0n) is 10.5. The van der Waals surface area contributed by atoms with E-state index in [-0.39, 0.29) is 5.75 Å². The van der Waals surface area contributed by atoms with Crippen LogP contribution in [0.3, 0.4) is 0 Å². The summed E-state index contributed by atoms with van der Waals surface area (Å²) in [6.07, 6.45) is -6.21. The molecule has 0 radical (unpaired) electrons. The first kappa shape index (κ1) is 14.9. The van der Waals surface area contributed by atoms with Crippen LogP contribution in [0.15, 0.2) is 16.1 Å². The Morgan fingerprint density at radius 2 is 2.00 bits per heavy atom. The van der Waals surface area contributed by atoms with Crippen LogP contribution in [-0.2, 0) is 4.79 Å². The fourth-order valence-corrected chi connectivity index (χ4v) is 2.38. The van der Waals surface area contributed by atoms with Gasteiger partial charge in [0.25, 0.3) is 0 Å². The van der Waals surface area contributed by atoms with Crippen LogP contribution in [0.2, 0.25) is 0 Å². The normalized spacial score (nSPS) is 18.1. The van der Waals surface area contributed by atoms with Crippen LogP contribution >= 0.6 is 15.9 Å². The molecule has 0 aliphatic carbocycles. The molecule has 0 saturated heterocycles. The summed E-state index contributed by atoms with van der Waals surface area (Å²) in [4.78, 5) is 11.0. The van der Waals surface area contributed by atoms with Crippen molar-refractivity contribution < 1.29 is 27.8 Å². The van der Waals surface area contributed by atoms with E-state index in [1.54, 1.807) is 13.8 Å². The van der Waals surface area contributed by atoms with Gasteiger partial charge in [0.2, 0.25) is 6.10 Å². The van der Waals surface area contributed by atoms with Crippen molar-refractivity contribution in [2.75, 3.05) is 0 Å². The number of alkyl halides is 3. The molecule has 0 fully saturated rings. The third-order valence-corrected chi connectivity index (χ3v) is 4.28. The van der Waals surface area contributed by atoms with Crippen LogP contribution < -0.4 is 4.74 Å². The van der Waals surface area contributed by atoms with Crippen LogP contribution in [-0.4, -0.2) is 23.4 Å². The van der Waals surface area contributed by atoms with Crippen molar-refractivity contribution in [3.8, 4) is 5.75 Å². The topological polar surface area (TPSA) is 46.5 Å². The predicted octanol–water partition coefficient (Wildman–Crippen LogP) is 3.86. The summed E-state index contributed by atoms with van der Waals surface area (Å²) in [5.74, 6) is -1.61. The van der Waals surface area contributed by atoms with Gasteiger partial charge >= 0.3 is 12.1 Å². The zero-order chi connectivity index (χ0) is 15.2. The Kier molecular flexibility index (Phi) is 3.58. The van der Waals surface area contributed by atoms with E-state index in [1.165, 1.54) is 6.07 Å². The lowest BCUT2D eigenvalue weighted by atomic mass is 9.96. The minimum absolute atomic E-state index is 0.0375. The maximum Gasteiger partial charge on any atom is 0.430 e. The molecule has 7 heteroatoms. The number of benzene rings is 1. The van der Waals surface area contributed by atoms with Crippen molar-refractivity contribution in [3.63, 3.8) is 0 Å². The summed E-state index contributed by atoms with van der Waals surface area (Å²) in [5, 5.41) is 8.95. The number of carboxylic acids is 1. The molecule has 1 aliphatic heterocycles. The number of ether oxygens (including phenoxy) is 1. The average Bonchev–Trinajstić information content (AvgIpc) is 2.33. The molecule has 0 aromatic heterocycles. The average molecular weight is 351 g/mol. The van der Waals surface area contributed by atoms with Gasteiger partial charge in [-0.1, -0.05) is 15.9 Å². The number of hydrogen-bond donors (Lipinski definition) is 1. The first-order valence-corrected chi connectivity index (χ1v) is 6.40. The number of fused-ring (bicyclic) bond motifs is 1. The van der Waals surface area contributed by atoms with E-state index in [4.69, 9.17) is 9.84 Å². The molecule has 1 aromatic rings. The minimum Gasteiger partial charge on any atom is -0.478 e. The molecule has 1 N–H and O–H groups in total. The highest BCUT2D eigenvalue weighted by atomic mass is 79.9. The Balaban J connectivity index is 2.66.